The fourth-order valence-corrected chi connectivity index (χ4v) is 1.77. The number of nitrogens with one attached hydrogen (secondary N) is 1. The molecule has 0 saturated heterocycles. The Hall–Kier alpha value is -1.36. The lowest BCUT2D eigenvalue weighted by molar-refractivity contribution is 0.110. The Labute approximate surface area is 82.4 Å². The maximum atomic E-state index is 7.50. The Morgan fingerprint density at radius 3 is 3.14 bits per heavy atom. The summed E-state index contributed by atoms with van der Waals surface area (Å²) < 4.78 is 7.12. The molecule has 1 aliphatic rings. The van der Waals surface area contributed by atoms with Crippen molar-refractivity contribution in [1.29, 1.82) is 5.41 Å². The summed E-state index contributed by atoms with van der Waals surface area (Å²) in [6, 6.07) is 0. The van der Waals surface area contributed by atoms with E-state index in [0.717, 1.165) is 29.9 Å². The van der Waals surface area contributed by atoms with Gasteiger partial charge < -0.3 is 10.5 Å². The van der Waals surface area contributed by atoms with Crippen LogP contribution in [-0.4, -0.2) is 22.2 Å². The molecule has 2 heterocycles. The van der Waals surface area contributed by atoms with Crippen molar-refractivity contribution in [2.75, 3.05) is 6.61 Å². The van der Waals surface area contributed by atoms with Gasteiger partial charge in [0.05, 0.1) is 18.9 Å². The van der Waals surface area contributed by atoms with Gasteiger partial charge in [-0.15, -0.1) is 0 Å². The average Bonchev–Trinajstić information content (AvgIpc) is 2.55. The van der Waals surface area contributed by atoms with Crippen molar-refractivity contribution < 1.29 is 4.74 Å². The summed E-state index contributed by atoms with van der Waals surface area (Å²) in [5, 5.41) is 11.9. The van der Waals surface area contributed by atoms with Gasteiger partial charge in [-0.25, -0.2) is 0 Å². The predicted molar refractivity (Wildman–Crippen MR) is 52.3 cm³/mol. The Kier molecular flexibility index (Phi) is 2.25. The number of nitrogens with two attached hydrogens (primary N) is 1. The summed E-state index contributed by atoms with van der Waals surface area (Å²) in [5.41, 5.74) is 8.27. The number of nitrogens with zero attached hydrogens (tertiary/aromatic N) is 2. The molecule has 0 saturated carbocycles. The highest BCUT2D eigenvalue weighted by molar-refractivity contribution is 5.95. The third kappa shape index (κ3) is 1.29. The molecule has 1 aliphatic heterocycles. The van der Waals surface area contributed by atoms with E-state index in [4.69, 9.17) is 15.9 Å². The van der Waals surface area contributed by atoms with Crippen molar-refractivity contribution in [2.45, 2.75) is 26.5 Å². The van der Waals surface area contributed by atoms with Gasteiger partial charge in [0.15, 0.2) is 0 Å². The number of hydrogen-bond donors (Lipinski definition) is 2. The second-order valence-corrected chi connectivity index (χ2v) is 3.31. The number of aromatic nitrogens is 2. The zero-order valence-corrected chi connectivity index (χ0v) is 8.21. The molecule has 1 aromatic heterocycles. The zero-order chi connectivity index (χ0) is 10.1. The fourth-order valence-electron chi connectivity index (χ4n) is 1.77. The van der Waals surface area contributed by atoms with Crippen LogP contribution in [0.3, 0.4) is 0 Å². The van der Waals surface area contributed by atoms with Crippen LogP contribution in [0.15, 0.2) is 0 Å². The molecule has 0 amide bonds. The molecule has 3 N–H and O–H groups in total. The van der Waals surface area contributed by atoms with Crippen LogP contribution in [0.2, 0.25) is 0 Å². The highest BCUT2D eigenvalue weighted by Gasteiger charge is 2.21. The summed E-state index contributed by atoms with van der Waals surface area (Å²) in [6.07, 6.45) is 0.822. The Morgan fingerprint density at radius 1 is 1.71 bits per heavy atom. The minimum absolute atomic E-state index is 0.0751. The maximum absolute atomic E-state index is 7.50. The molecule has 0 unspecified atom stereocenters. The number of ether oxygens (including phenoxy) is 1. The summed E-state index contributed by atoms with van der Waals surface area (Å²) >= 11 is 0. The van der Waals surface area contributed by atoms with Crippen molar-refractivity contribution in [3.05, 3.63) is 17.0 Å². The molecule has 0 bridgehead atoms. The van der Waals surface area contributed by atoms with E-state index in [2.05, 4.69) is 5.10 Å². The van der Waals surface area contributed by atoms with Gasteiger partial charge in [0.1, 0.15) is 11.5 Å². The van der Waals surface area contributed by atoms with Crippen LogP contribution in [0.4, 0.5) is 0 Å². The summed E-state index contributed by atoms with van der Waals surface area (Å²) in [5.74, 6) is 0.0751. The lowest BCUT2D eigenvalue weighted by Gasteiger charge is -2.11. The monoisotopic (exact) mass is 194 g/mol. The van der Waals surface area contributed by atoms with E-state index in [1.807, 2.05) is 6.92 Å². The molecule has 0 fully saturated rings. The molecule has 0 radical (unpaired) electrons. The summed E-state index contributed by atoms with van der Waals surface area (Å²) in [6.45, 7) is 3.98. The van der Waals surface area contributed by atoms with Crippen molar-refractivity contribution in [3.63, 3.8) is 0 Å². The quantitative estimate of drug-likeness (QED) is 0.523. The van der Waals surface area contributed by atoms with E-state index in [9.17, 15) is 0 Å². The third-order valence-electron chi connectivity index (χ3n) is 2.42. The molecule has 5 nitrogen and oxygen atoms in total. The second-order valence-electron chi connectivity index (χ2n) is 3.31. The van der Waals surface area contributed by atoms with Crippen molar-refractivity contribution >= 4 is 5.84 Å². The molecule has 0 aromatic carbocycles. The lowest BCUT2D eigenvalue weighted by Crippen LogP contribution is -2.20. The largest absolute Gasteiger partial charge is 0.382 e. The highest BCUT2D eigenvalue weighted by atomic mass is 16.5. The van der Waals surface area contributed by atoms with Crippen molar-refractivity contribution in [3.8, 4) is 0 Å². The van der Waals surface area contributed by atoms with Gasteiger partial charge in [-0.2, -0.15) is 5.10 Å². The van der Waals surface area contributed by atoms with Gasteiger partial charge in [-0.3, -0.25) is 10.1 Å². The van der Waals surface area contributed by atoms with E-state index in [1.54, 1.807) is 4.68 Å². The molecule has 0 spiro atoms. The summed E-state index contributed by atoms with van der Waals surface area (Å²) in [4.78, 5) is 0. The van der Waals surface area contributed by atoms with Crippen LogP contribution >= 0.6 is 0 Å². The standard InChI is InChI=1S/C9H14N4O/c1-2-13-8(9(10)11)6-5-14-4-3-7(6)12-13/h2-5H2,1H3,(H3,10,11). The molecule has 2 rings (SSSR count). The predicted octanol–water partition coefficient (Wildman–Crippen LogP) is 0.260. The lowest BCUT2D eigenvalue weighted by atomic mass is 10.1. The van der Waals surface area contributed by atoms with Crippen LogP contribution in [0, 0.1) is 5.41 Å². The van der Waals surface area contributed by atoms with Crippen molar-refractivity contribution in [2.24, 2.45) is 5.73 Å². The normalized spacial score (nSPS) is 15.2. The molecule has 0 atom stereocenters. The van der Waals surface area contributed by atoms with E-state index < -0.39 is 0 Å². The first kappa shape index (κ1) is 9.21. The van der Waals surface area contributed by atoms with Gasteiger partial charge in [0.2, 0.25) is 0 Å². The maximum Gasteiger partial charge on any atom is 0.141 e. The third-order valence-corrected chi connectivity index (χ3v) is 2.42. The number of fused-ring (bicyclic) bond motifs is 1. The SMILES string of the molecule is CCn1nc2c(c1C(=N)N)COCC2. The zero-order valence-electron chi connectivity index (χ0n) is 8.21. The molecule has 14 heavy (non-hydrogen) atoms. The van der Waals surface area contributed by atoms with Gasteiger partial charge >= 0.3 is 0 Å². The van der Waals surface area contributed by atoms with Crippen LogP contribution in [-0.2, 0) is 24.3 Å². The molecule has 5 heteroatoms. The Morgan fingerprint density at radius 2 is 2.50 bits per heavy atom. The number of hydrogen-bond acceptors (Lipinski definition) is 3. The molecular formula is C9H14N4O. The number of nitrogen functional groups attached to an aromatic ring is 1. The minimum Gasteiger partial charge on any atom is -0.382 e. The topological polar surface area (TPSA) is 76.9 Å². The minimum atomic E-state index is 0.0751. The number of rotatable bonds is 2. The van der Waals surface area contributed by atoms with Gasteiger partial charge in [-0.1, -0.05) is 0 Å². The highest BCUT2D eigenvalue weighted by Crippen LogP contribution is 2.19. The van der Waals surface area contributed by atoms with E-state index in [-0.39, 0.29) is 5.84 Å². The Bertz CT molecular complexity index is 369. The number of aryl methyl sites for hydroxylation is 1. The van der Waals surface area contributed by atoms with Crippen LogP contribution in [0.25, 0.3) is 0 Å². The second kappa shape index (κ2) is 3.42. The molecule has 0 aliphatic carbocycles. The van der Waals surface area contributed by atoms with E-state index in [0.29, 0.717) is 13.2 Å². The molecular weight excluding hydrogens is 180 g/mol. The average molecular weight is 194 g/mol. The van der Waals surface area contributed by atoms with Crippen LogP contribution in [0.5, 0.6) is 0 Å². The summed E-state index contributed by atoms with van der Waals surface area (Å²) in [7, 11) is 0. The van der Waals surface area contributed by atoms with Gasteiger partial charge in [-0.05, 0) is 6.92 Å². The molecule has 1 aromatic rings. The first-order valence-electron chi connectivity index (χ1n) is 4.74. The van der Waals surface area contributed by atoms with Crippen LogP contribution in [0.1, 0.15) is 23.9 Å². The smallest absolute Gasteiger partial charge is 0.141 e. The molecule has 76 valence electrons. The van der Waals surface area contributed by atoms with E-state index >= 15 is 0 Å². The first-order chi connectivity index (χ1) is 6.74. The fraction of sp³-hybridized carbons (Fsp3) is 0.556. The van der Waals surface area contributed by atoms with Gasteiger partial charge in [0.25, 0.3) is 0 Å². The van der Waals surface area contributed by atoms with E-state index in [1.165, 1.54) is 0 Å². The van der Waals surface area contributed by atoms with Crippen LogP contribution < -0.4 is 5.73 Å². The first-order valence-corrected chi connectivity index (χ1v) is 4.74. The Balaban J connectivity index is 2.53. The van der Waals surface area contributed by atoms with Gasteiger partial charge in [0, 0.05) is 18.5 Å². The van der Waals surface area contributed by atoms with Crippen molar-refractivity contribution in [1.82, 2.24) is 9.78 Å². The number of amidine groups is 1.